The lowest BCUT2D eigenvalue weighted by Gasteiger charge is -2.35. The average molecular weight is 326 g/mol. The Morgan fingerprint density at radius 1 is 1.21 bits per heavy atom. The predicted molar refractivity (Wildman–Crippen MR) is 90.9 cm³/mol. The molecule has 0 unspecified atom stereocenters. The molecule has 1 amide bonds. The molecule has 1 N–H and O–H groups in total. The summed E-state index contributed by atoms with van der Waals surface area (Å²) in [6.45, 7) is 6.82. The van der Waals surface area contributed by atoms with Crippen molar-refractivity contribution in [3.63, 3.8) is 0 Å². The molecular weight excluding hydrogens is 304 g/mol. The summed E-state index contributed by atoms with van der Waals surface area (Å²) >= 11 is 0. The fraction of sp³-hybridized carbons (Fsp3) is 0.471. The summed E-state index contributed by atoms with van der Waals surface area (Å²) in [6, 6.07) is 3.68. The first-order valence-electron chi connectivity index (χ1n) is 8.08. The van der Waals surface area contributed by atoms with Crippen LogP contribution in [0, 0.1) is 13.8 Å². The minimum absolute atomic E-state index is 0.201. The van der Waals surface area contributed by atoms with Gasteiger partial charge in [-0.15, -0.1) is 0 Å². The van der Waals surface area contributed by atoms with Crippen LogP contribution in [0.4, 0.5) is 5.82 Å². The maximum atomic E-state index is 12.0. The van der Waals surface area contributed by atoms with E-state index in [-0.39, 0.29) is 5.91 Å². The standard InChI is InChI=1S/C17H22N6O/c1-11-9-14(20-10-19-11)23-7-5-6-17(23,3)16-21-12(2)8-13(22-16)15(24)18-4/h8-10H,5-7H2,1-4H3,(H,18,24)/t17-/m1/s1. The van der Waals surface area contributed by atoms with Crippen molar-refractivity contribution in [2.75, 3.05) is 18.5 Å². The highest BCUT2D eigenvalue weighted by Gasteiger charge is 2.42. The molecule has 3 heterocycles. The Balaban J connectivity index is 2.06. The van der Waals surface area contributed by atoms with Crippen LogP contribution < -0.4 is 10.2 Å². The topological polar surface area (TPSA) is 83.9 Å². The molecular formula is C17H22N6O. The number of anilines is 1. The van der Waals surface area contributed by atoms with E-state index in [1.807, 2.05) is 19.9 Å². The summed E-state index contributed by atoms with van der Waals surface area (Å²) < 4.78 is 0. The van der Waals surface area contributed by atoms with Gasteiger partial charge in [0.25, 0.3) is 5.91 Å². The van der Waals surface area contributed by atoms with Crippen molar-refractivity contribution in [3.8, 4) is 0 Å². The van der Waals surface area contributed by atoms with E-state index in [0.29, 0.717) is 11.5 Å². The van der Waals surface area contributed by atoms with Crippen LogP contribution in [-0.4, -0.2) is 39.4 Å². The number of nitrogens with one attached hydrogen (secondary N) is 1. The van der Waals surface area contributed by atoms with Crippen molar-refractivity contribution in [3.05, 3.63) is 41.4 Å². The third-order valence-corrected chi connectivity index (χ3v) is 4.50. The first-order chi connectivity index (χ1) is 11.4. The number of aromatic nitrogens is 4. The van der Waals surface area contributed by atoms with E-state index in [2.05, 4.69) is 37.1 Å². The Hall–Kier alpha value is -2.57. The van der Waals surface area contributed by atoms with Crippen LogP contribution in [0.1, 0.15) is 47.5 Å². The van der Waals surface area contributed by atoms with Gasteiger partial charge < -0.3 is 10.2 Å². The first-order valence-corrected chi connectivity index (χ1v) is 8.08. The van der Waals surface area contributed by atoms with E-state index in [4.69, 9.17) is 0 Å². The van der Waals surface area contributed by atoms with Gasteiger partial charge in [0.15, 0.2) is 5.82 Å². The monoisotopic (exact) mass is 326 g/mol. The predicted octanol–water partition coefficient (Wildman–Crippen LogP) is 1.76. The SMILES string of the molecule is CNC(=O)c1cc(C)nc([C@@]2(C)CCCN2c2cc(C)ncn2)n1. The molecule has 0 aromatic carbocycles. The fourth-order valence-corrected chi connectivity index (χ4v) is 3.20. The number of carbonyl (C=O) groups is 1. The third-order valence-electron chi connectivity index (χ3n) is 4.50. The molecule has 0 spiro atoms. The molecule has 7 heteroatoms. The lowest BCUT2D eigenvalue weighted by Crippen LogP contribution is -2.41. The molecule has 3 rings (SSSR count). The minimum atomic E-state index is -0.393. The Bertz CT molecular complexity index is 777. The minimum Gasteiger partial charge on any atom is -0.354 e. The number of aryl methyl sites for hydroxylation is 2. The molecule has 126 valence electrons. The van der Waals surface area contributed by atoms with Gasteiger partial charge in [-0.25, -0.2) is 19.9 Å². The maximum Gasteiger partial charge on any atom is 0.269 e. The molecule has 0 bridgehead atoms. The number of carbonyl (C=O) groups excluding carboxylic acids is 1. The Morgan fingerprint density at radius 3 is 2.71 bits per heavy atom. The zero-order valence-corrected chi connectivity index (χ0v) is 14.5. The lowest BCUT2D eigenvalue weighted by atomic mass is 9.97. The molecule has 0 radical (unpaired) electrons. The molecule has 7 nitrogen and oxygen atoms in total. The molecule has 24 heavy (non-hydrogen) atoms. The van der Waals surface area contributed by atoms with Crippen molar-refractivity contribution in [2.24, 2.45) is 0 Å². The lowest BCUT2D eigenvalue weighted by molar-refractivity contribution is 0.0957. The number of rotatable bonds is 3. The molecule has 2 aromatic rings. The Labute approximate surface area is 141 Å². The summed E-state index contributed by atoms with van der Waals surface area (Å²) in [5, 5.41) is 2.63. The molecule has 1 aliphatic rings. The summed E-state index contributed by atoms with van der Waals surface area (Å²) in [4.78, 5) is 32.0. The normalized spacial score (nSPS) is 20.2. The Morgan fingerprint density at radius 2 is 2.00 bits per heavy atom. The maximum absolute atomic E-state index is 12.0. The van der Waals surface area contributed by atoms with Crippen molar-refractivity contribution in [1.29, 1.82) is 0 Å². The molecule has 1 saturated heterocycles. The van der Waals surface area contributed by atoms with Gasteiger partial charge in [0.05, 0.1) is 5.54 Å². The second-order valence-electron chi connectivity index (χ2n) is 6.34. The van der Waals surface area contributed by atoms with Crippen molar-refractivity contribution in [2.45, 2.75) is 39.2 Å². The van der Waals surface area contributed by atoms with Gasteiger partial charge >= 0.3 is 0 Å². The van der Waals surface area contributed by atoms with Crippen molar-refractivity contribution >= 4 is 11.7 Å². The van der Waals surface area contributed by atoms with E-state index in [9.17, 15) is 4.79 Å². The largest absolute Gasteiger partial charge is 0.354 e. The van der Waals surface area contributed by atoms with Gasteiger partial charge in [0.1, 0.15) is 17.8 Å². The van der Waals surface area contributed by atoms with E-state index >= 15 is 0 Å². The zero-order valence-electron chi connectivity index (χ0n) is 14.5. The smallest absolute Gasteiger partial charge is 0.269 e. The first kappa shape index (κ1) is 16.3. The van der Waals surface area contributed by atoms with E-state index in [0.717, 1.165) is 36.6 Å². The van der Waals surface area contributed by atoms with Crippen LogP contribution in [0.15, 0.2) is 18.5 Å². The third kappa shape index (κ3) is 2.81. The van der Waals surface area contributed by atoms with Crippen LogP contribution in [0.25, 0.3) is 0 Å². The van der Waals surface area contributed by atoms with Crippen molar-refractivity contribution < 1.29 is 4.79 Å². The van der Waals surface area contributed by atoms with Crippen LogP contribution in [0.2, 0.25) is 0 Å². The molecule has 2 aromatic heterocycles. The van der Waals surface area contributed by atoms with E-state index < -0.39 is 5.54 Å². The van der Waals surface area contributed by atoms with Crippen LogP contribution in [0.3, 0.4) is 0 Å². The van der Waals surface area contributed by atoms with Gasteiger partial charge in [-0.3, -0.25) is 4.79 Å². The van der Waals surface area contributed by atoms with E-state index in [1.54, 1.807) is 19.4 Å². The van der Waals surface area contributed by atoms with Gasteiger partial charge in [-0.05, 0) is 39.7 Å². The highest BCUT2D eigenvalue weighted by molar-refractivity contribution is 5.92. The molecule has 0 saturated carbocycles. The average Bonchev–Trinajstić information content (AvgIpc) is 2.96. The van der Waals surface area contributed by atoms with Gasteiger partial charge in [-0.2, -0.15) is 0 Å². The number of hydrogen-bond acceptors (Lipinski definition) is 6. The quantitative estimate of drug-likeness (QED) is 0.925. The van der Waals surface area contributed by atoms with Crippen LogP contribution in [-0.2, 0) is 5.54 Å². The highest BCUT2D eigenvalue weighted by atomic mass is 16.1. The summed E-state index contributed by atoms with van der Waals surface area (Å²) in [7, 11) is 1.60. The Kier molecular flexibility index (Phi) is 4.17. The van der Waals surface area contributed by atoms with Gasteiger partial charge in [0, 0.05) is 31.0 Å². The summed E-state index contributed by atoms with van der Waals surface area (Å²) in [6.07, 6.45) is 3.51. The highest BCUT2D eigenvalue weighted by Crippen LogP contribution is 2.39. The molecule has 1 fully saturated rings. The molecule has 1 atom stereocenters. The zero-order chi connectivity index (χ0) is 17.3. The van der Waals surface area contributed by atoms with Crippen LogP contribution >= 0.6 is 0 Å². The van der Waals surface area contributed by atoms with Gasteiger partial charge in [-0.1, -0.05) is 0 Å². The summed E-state index contributed by atoms with van der Waals surface area (Å²) in [5.41, 5.74) is 1.71. The molecule has 1 aliphatic heterocycles. The second-order valence-corrected chi connectivity index (χ2v) is 6.34. The van der Waals surface area contributed by atoms with Crippen molar-refractivity contribution in [1.82, 2.24) is 25.3 Å². The van der Waals surface area contributed by atoms with Gasteiger partial charge in [0.2, 0.25) is 0 Å². The number of nitrogens with zero attached hydrogens (tertiary/aromatic N) is 5. The van der Waals surface area contributed by atoms with E-state index in [1.165, 1.54) is 0 Å². The second kappa shape index (κ2) is 6.14. The summed E-state index contributed by atoms with van der Waals surface area (Å²) in [5.74, 6) is 1.33. The molecule has 0 aliphatic carbocycles. The number of hydrogen-bond donors (Lipinski definition) is 1. The number of amides is 1. The fourth-order valence-electron chi connectivity index (χ4n) is 3.20. The van der Waals surface area contributed by atoms with Crippen LogP contribution in [0.5, 0.6) is 0 Å².